The summed E-state index contributed by atoms with van der Waals surface area (Å²) in [6, 6.07) is 0. The van der Waals surface area contributed by atoms with Crippen molar-refractivity contribution in [2.75, 3.05) is 19.6 Å². The summed E-state index contributed by atoms with van der Waals surface area (Å²) in [6.45, 7) is 1.54. The highest BCUT2D eigenvalue weighted by atomic mass is 19.4. The molecule has 1 aliphatic heterocycles. The summed E-state index contributed by atoms with van der Waals surface area (Å²) in [5.74, 6) is 3.57. The van der Waals surface area contributed by atoms with E-state index in [9.17, 15) is 18.0 Å². The summed E-state index contributed by atoms with van der Waals surface area (Å²) in [4.78, 5) is 12.7. The molecule has 7 heteroatoms. The molecule has 0 aromatic carbocycles. The minimum atomic E-state index is -4.07. The molecule has 0 saturated carbocycles. The van der Waals surface area contributed by atoms with Crippen LogP contribution >= 0.6 is 0 Å². The van der Waals surface area contributed by atoms with Crippen LogP contribution in [0.3, 0.4) is 0 Å². The van der Waals surface area contributed by atoms with Crippen molar-refractivity contribution >= 4 is 5.91 Å². The van der Waals surface area contributed by atoms with Crippen molar-refractivity contribution in [2.45, 2.75) is 44.7 Å². The van der Waals surface area contributed by atoms with Crippen LogP contribution in [0.15, 0.2) is 0 Å². The number of amides is 1. The Morgan fingerprint density at radius 3 is 2.68 bits per heavy atom. The number of nitrogens with zero attached hydrogens (tertiary/aromatic N) is 1. The van der Waals surface area contributed by atoms with E-state index < -0.39 is 12.1 Å². The number of nitrogens with two attached hydrogens (primary N) is 1. The predicted molar refractivity (Wildman–Crippen MR) is 66.0 cm³/mol. The number of unbranched alkanes of at least 4 members (excludes halogenated alkanes) is 2. The Kier molecular flexibility index (Phi) is 6.57. The van der Waals surface area contributed by atoms with Crippen LogP contribution in [0.5, 0.6) is 0 Å². The number of hydrogen-bond donors (Lipinski definition) is 2. The van der Waals surface area contributed by atoms with E-state index in [2.05, 4.69) is 5.43 Å². The SMILES string of the molecule is NNC(=O)CCCCCN1CCCC(C(F)(F)F)C1. The summed E-state index contributed by atoms with van der Waals surface area (Å²) in [5, 5.41) is 0. The van der Waals surface area contributed by atoms with E-state index >= 15 is 0 Å². The molecule has 0 bridgehead atoms. The first kappa shape index (κ1) is 16.2. The fourth-order valence-electron chi connectivity index (χ4n) is 2.40. The number of hydrazine groups is 1. The van der Waals surface area contributed by atoms with Gasteiger partial charge in [-0.3, -0.25) is 10.2 Å². The smallest absolute Gasteiger partial charge is 0.303 e. The molecule has 1 heterocycles. The topological polar surface area (TPSA) is 58.4 Å². The van der Waals surface area contributed by atoms with Crippen molar-refractivity contribution < 1.29 is 18.0 Å². The van der Waals surface area contributed by atoms with Crippen LogP contribution in [-0.4, -0.2) is 36.6 Å². The third kappa shape index (κ3) is 6.24. The molecular weight excluding hydrogens is 259 g/mol. The van der Waals surface area contributed by atoms with Crippen LogP contribution in [-0.2, 0) is 4.79 Å². The largest absolute Gasteiger partial charge is 0.393 e. The number of carbonyl (C=O) groups is 1. The Morgan fingerprint density at radius 2 is 2.05 bits per heavy atom. The van der Waals surface area contributed by atoms with Gasteiger partial charge in [-0.1, -0.05) is 6.42 Å². The molecule has 3 N–H and O–H groups in total. The van der Waals surface area contributed by atoms with Gasteiger partial charge in [0, 0.05) is 13.0 Å². The number of halogens is 3. The van der Waals surface area contributed by atoms with Gasteiger partial charge in [-0.25, -0.2) is 5.84 Å². The summed E-state index contributed by atoms with van der Waals surface area (Å²) in [6.07, 6.45) is -0.460. The number of carbonyl (C=O) groups excluding carboxylic acids is 1. The minimum Gasteiger partial charge on any atom is -0.303 e. The van der Waals surface area contributed by atoms with E-state index in [0.717, 1.165) is 25.8 Å². The third-order valence-electron chi connectivity index (χ3n) is 3.51. The lowest BCUT2D eigenvalue weighted by atomic mass is 9.97. The van der Waals surface area contributed by atoms with Crippen LogP contribution in [0.2, 0.25) is 0 Å². The molecule has 1 fully saturated rings. The standard InChI is InChI=1S/C12H22F3N3O/c13-12(14,15)10-5-4-8-18(9-10)7-3-1-2-6-11(19)17-16/h10H,1-9,16H2,(H,17,19). The van der Waals surface area contributed by atoms with E-state index in [0.29, 0.717) is 19.4 Å². The maximum atomic E-state index is 12.6. The van der Waals surface area contributed by atoms with Gasteiger partial charge >= 0.3 is 6.18 Å². The fourth-order valence-corrected chi connectivity index (χ4v) is 2.40. The highest BCUT2D eigenvalue weighted by Crippen LogP contribution is 2.33. The van der Waals surface area contributed by atoms with E-state index in [1.807, 2.05) is 4.90 Å². The molecule has 1 rings (SSSR count). The Labute approximate surface area is 111 Å². The van der Waals surface area contributed by atoms with Gasteiger partial charge in [0.2, 0.25) is 5.91 Å². The maximum absolute atomic E-state index is 12.6. The highest BCUT2D eigenvalue weighted by Gasteiger charge is 2.41. The quantitative estimate of drug-likeness (QED) is 0.338. The summed E-state index contributed by atoms with van der Waals surface area (Å²) >= 11 is 0. The Hall–Kier alpha value is -0.820. The first-order chi connectivity index (χ1) is 8.93. The molecule has 1 saturated heterocycles. The molecule has 0 aromatic heterocycles. The second-order valence-corrected chi connectivity index (χ2v) is 5.06. The molecule has 1 atom stereocenters. The average Bonchev–Trinajstić information content (AvgIpc) is 2.37. The molecule has 1 amide bonds. The second-order valence-electron chi connectivity index (χ2n) is 5.06. The third-order valence-corrected chi connectivity index (χ3v) is 3.51. The van der Waals surface area contributed by atoms with Crippen molar-refractivity contribution in [3.63, 3.8) is 0 Å². The highest BCUT2D eigenvalue weighted by molar-refractivity contribution is 5.74. The summed E-state index contributed by atoms with van der Waals surface area (Å²) in [7, 11) is 0. The number of hydrogen-bond acceptors (Lipinski definition) is 3. The van der Waals surface area contributed by atoms with Gasteiger partial charge in [-0.2, -0.15) is 13.2 Å². The van der Waals surface area contributed by atoms with Crippen molar-refractivity contribution in [3.05, 3.63) is 0 Å². The van der Waals surface area contributed by atoms with E-state index in [1.54, 1.807) is 0 Å². The van der Waals surface area contributed by atoms with Gasteiger partial charge < -0.3 is 4.90 Å². The number of nitrogens with one attached hydrogen (secondary N) is 1. The van der Waals surface area contributed by atoms with E-state index in [4.69, 9.17) is 5.84 Å². The van der Waals surface area contributed by atoms with Gasteiger partial charge in [0.05, 0.1) is 5.92 Å². The van der Waals surface area contributed by atoms with Gasteiger partial charge in [-0.05, 0) is 38.8 Å². The normalized spacial score (nSPS) is 21.4. The Morgan fingerprint density at radius 1 is 1.32 bits per heavy atom. The number of alkyl halides is 3. The van der Waals surface area contributed by atoms with Crippen molar-refractivity contribution in [2.24, 2.45) is 11.8 Å². The molecule has 112 valence electrons. The first-order valence-corrected chi connectivity index (χ1v) is 6.72. The van der Waals surface area contributed by atoms with Crippen LogP contribution < -0.4 is 11.3 Å². The molecule has 1 aliphatic rings. The van der Waals surface area contributed by atoms with E-state index in [-0.39, 0.29) is 18.9 Å². The zero-order valence-corrected chi connectivity index (χ0v) is 11.0. The van der Waals surface area contributed by atoms with Gasteiger partial charge in [0.25, 0.3) is 0 Å². The molecule has 4 nitrogen and oxygen atoms in total. The lowest BCUT2D eigenvalue weighted by molar-refractivity contribution is -0.186. The zero-order valence-electron chi connectivity index (χ0n) is 11.0. The molecule has 1 unspecified atom stereocenters. The average molecular weight is 281 g/mol. The van der Waals surface area contributed by atoms with Gasteiger partial charge in [0.1, 0.15) is 0 Å². The first-order valence-electron chi connectivity index (χ1n) is 6.72. The molecule has 19 heavy (non-hydrogen) atoms. The maximum Gasteiger partial charge on any atom is 0.393 e. The second kappa shape index (κ2) is 7.69. The number of piperidine rings is 1. The number of rotatable bonds is 6. The van der Waals surface area contributed by atoms with Crippen LogP contribution in [0, 0.1) is 5.92 Å². The molecule has 0 spiro atoms. The van der Waals surface area contributed by atoms with E-state index in [1.165, 1.54) is 0 Å². The lowest BCUT2D eigenvalue weighted by Gasteiger charge is -2.33. The molecular formula is C12H22F3N3O. The van der Waals surface area contributed by atoms with Crippen molar-refractivity contribution in [1.82, 2.24) is 10.3 Å². The van der Waals surface area contributed by atoms with Crippen molar-refractivity contribution in [3.8, 4) is 0 Å². The van der Waals surface area contributed by atoms with Crippen LogP contribution in [0.1, 0.15) is 38.5 Å². The molecule has 0 radical (unpaired) electrons. The molecule has 0 aliphatic carbocycles. The zero-order chi connectivity index (χ0) is 14.3. The monoisotopic (exact) mass is 281 g/mol. The predicted octanol–water partition coefficient (Wildman–Crippen LogP) is 1.81. The fraction of sp³-hybridized carbons (Fsp3) is 0.917. The van der Waals surface area contributed by atoms with Crippen LogP contribution in [0.25, 0.3) is 0 Å². The van der Waals surface area contributed by atoms with Crippen molar-refractivity contribution in [1.29, 1.82) is 0 Å². The lowest BCUT2D eigenvalue weighted by Crippen LogP contribution is -2.42. The van der Waals surface area contributed by atoms with Gasteiger partial charge in [0.15, 0.2) is 0 Å². The summed E-state index contributed by atoms with van der Waals surface area (Å²) in [5.41, 5.74) is 2.05. The summed E-state index contributed by atoms with van der Waals surface area (Å²) < 4.78 is 37.8. The van der Waals surface area contributed by atoms with Crippen LogP contribution in [0.4, 0.5) is 13.2 Å². The molecule has 0 aromatic rings. The van der Waals surface area contributed by atoms with Gasteiger partial charge in [-0.15, -0.1) is 0 Å². The Bertz CT molecular complexity index is 284. The number of likely N-dealkylation sites (tertiary alicyclic amines) is 1. The minimum absolute atomic E-state index is 0.118. The Balaban J connectivity index is 2.14.